The number of halogens is 1. The number of thiazole rings is 1. The van der Waals surface area contributed by atoms with E-state index in [1.807, 2.05) is 37.3 Å². The van der Waals surface area contributed by atoms with Crippen LogP contribution in [0.15, 0.2) is 53.1 Å². The number of benzene rings is 2. The second-order valence-corrected chi connectivity index (χ2v) is 7.13. The predicted octanol–water partition coefficient (Wildman–Crippen LogP) is 5.17. The number of aromatic nitrogens is 2. The highest BCUT2D eigenvalue weighted by molar-refractivity contribution is 7.18. The van der Waals surface area contributed by atoms with Crippen LogP contribution in [0, 0.1) is 6.92 Å². The summed E-state index contributed by atoms with van der Waals surface area (Å²) in [5.74, 6) is 0.152. The van der Waals surface area contributed by atoms with Crippen molar-refractivity contribution in [3.8, 4) is 11.3 Å². The van der Waals surface area contributed by atoms with Crippen molar-refractivity contribution in [3.05, 3.63) is 64.3 Å². The summed E-state index contributed by atoms with van der Waals surface area (Å²) in [5, 5.41) is 8.25. The summed E-state index contributed by atoms with van der Waals surface area (Å²) < 4.78 is 6.28. The molecule has 0 aliphatic heterocycles. The summed E-state index contributed by atoms with van der Waals surface area (Å²) in [6.07, 6.45) is 0. The van der Waals surface area contributed by atoms with Crippen molar-refractivity contribution in [1.82, 2.24) is 10.1 Å². The van der Waals surface area contributed by atoms with E-state index in [9.17, 15) is 4.79 Å². The molecule has 7 heteroatoms. The Labute approximate surface area is 152 Å². The third kappa shape index (κ3) is 3.26. The molecule has 0 saturated heterocycles. The molecule has 124 valence electrons. The third-order valence-corrected chi connectivity index (χ3v) is 4.77. The van der Waals surface area contributed by atoms with Crippen LogP contribution in [0.3, 0.4) is 0 Å². The van der Waals surface area contributed by atoms with Gasteiger partial charge in [-0.3, -0.25) is 4.79 Å². The molecule has 0 aliphatic rings. The van der Waals surface area contributed by atoms with E-state index in [2.05, 4.69) is 15.5 Å². The van der Waals surface area contributed by atoms with Gasteiger partial charge in [0.15, 0.2) is 11.5 Å². The average molecular weight is 370 g/mol. The lowest BCUT2D eigenvalue weighted by molar-refractivity contribution is 0.101. The van der Waals surface area contributed by atoms with Crippen molar-refractivity contribution in [3.63, 3.8) is 0 Å². The van der Waals surface area contributed by atoms with Crippen LogP contribution >= 0.6 is 22.9 Å². The maximum atomic E-state index is 12.4. The van der Waals surface area contributed by atoms with Gasteiger partial charge < -0.3 is 9.84 Å². The Kier molecular flexibility index (Phi) is 3.99. The number of nitrogens with one attached hydrogen (secondary N) is 1. The first-order valence-electron chi connectivity index (χ1n) is 7.50. The molecular formula is C18H12ClN3O2S. The summed E-state index contributed by atoms with van der Waals surface area (Å²) in [7, 11) is 0. The summed E-state index contributed by atoms with van der Waals surface area (Å²) in [6.45, 7) is 1.95. The quantitative estimate of drug-likeness (QED) is 0.541. The van der Waals surface area contributed by atoms with Crippen LogP contribution in [0.25, 0.3) is 21.5 Å². The van der Waals surface area contributed by atoms with Gasteiger partial charge in [0.2, 0.25) is 0 Å². The van der Waals surface area contributed by atoms with Crippen LogP contribution < -0.4 is 5.32 Å². The number of rotatable bonds is 3. The number of amides is 1. The molecule has 5 nitrogen and oxygen atoms in total. The number of anilines is 1. The predicted molar refractivity (Wildman–Crippen MR) is 99.3 cm³/mol. The highest BCUT2D eigenvalue weighted by atomic mass is 35.5. The fourth-order valence-corrected chi connectivity index (χ4v) is 3.53. The molecular weight excluding hydrogens is 358 g/mol. The third-order valence-electron chi connectivity index (χ3n) is 3.61. The molecule has 2 aromatic heterocycles. The van der Waals surface area contributed by atoms with E-state index < -0.39 is 0 Å². The largest absolute Gasteiger partial charge is 0.355 e. The number of nitrogens with zero attached hydrogens (tertiary/aromatic N) is 2. The summed E-state index contributed by atoms with van der Waals surface area (Å²) >= 11 is 7.56. The lowest BCUT2D eigenvalue weighted by Gasteiger charge is -2.02. The number of hydrogen-bond donors (Lipinski definition) is 1. The summed E-state index contributed by atoms with van der Waals surface area (Å²) in [6, 6.07) is 14.4. The van der Waals surface area contributed by atoms with Crippen LogP contribution in [-0.4, -0.2) is 16.0 Å². The number of carbonyl (C=O) groups excluding carboxylic acids is 1. The van der Waals surface area contributed by atoms with Crippen molar-refractivity contribution in [1.29, 1.82) is 0 Å². The molecule has 0 aliphatic carbocycles. The van der Waals surface area contributed by atoms with Gasteiger partial charge in [0, 0.05) is 22.3 Å². The molecule has 4 rings (SSSR count). The zero-order chi connectivity index (χ0) is 17.4. The van der Waals surface area contributed by atoms with Gasteiger partial charge in [-0.1, -0.05) is 28.9 Å². The van der Waals surface area contributed by atoms with Gasteiger partial charge in [0.1, 0.15) is 0 Å². The Morgan fingerprint density at radius 3 is 2.92 bits per heavy atom. The van der Waals surface area contributed by atoms with Crippen LogP contribution in [0.4, 0.5) is 5.69 Å². The molecule has 0 unspecified atom stereocenters. The van der Waals surface area contributed by atoms with Crippen LogP contribution in [0.1, 0.15) is 15.5 Å². The molecule has 1 amide bonds. The molecule has 2 aromatic carbocycles. The van der Waals surface area contributed by atoms with Gasteiger partial charge in [-0.25, -0.2) is 4.98 Å². The number of aryl methyl sites for hydroxylation is 1. The highest BCUT2D eigenvalue weighted by Gasteiger charge is 2.14. The average Bonchev–Trinajstić information content (AvgIpc) is 3.20. The summed E-state index contributed by atoms with van der Waals surface area (Å²) in [4.78, 5) is 16.8. The minimum Gasteiger partial charge on any atom is -0.355 e. The molecule has 2 heterocycles. The van der Waals surface area contributed by atoms with Crippen molar-refractivity contribution >= 4 is 44.7 Å². The monoisotopic (exact) mass is 369 g/mol. The number of fused-ring (bicyclic) bond motifs is 1. The van der Waals surface area contributed by atoms with Crippen molar-refractivity contribution in [2.24, 2.45) is 0 Å². The lowest BCUT2D eigenvalue weighted by atomic mass is 10.1. The van der Waals surface area contributed by atoms with Gasteiger partial charge in [0.25, 0.3) is 5.91 Å². The van der Waals surface area contributed by atoms with Crippen LogP contribution in [0.2, 0.25) is 5.02 Å². The number of hydrogen-bond acceptors (Lipinski definition) is 5. The fraction of sp³-hybridized carbons (Fsp3) is 0.0556. The molecule has 25 heavy (non-hydrogen) atoms. The van der Waals surface area contributed by atoms with Crippen molar-refractivity contribution < 1.29 is 9.32 Å². The van der Waals surface area contributed by atoms with Crippen LogP contribution in [-0.2, 0) is 0 Å². The molecule has 0 spiro atoms. The Morgan fingerprint density at radius 1 is 1.20 bits per heavy atom. The molecule has 0 bridgehead atoms. The fourth-order valence-electron chi connectivity index (χ4n) is 2.47. The first-order valence-corrected chi connectivity index (χ1v) is 8.69. The van der Waals surface area contributed by atoms with E-state index in [-0.39, 0.29) is 11.6 Å². The van der Waals surface area contributed by atoms with Crippen LogP contribution in [0.5, 0.6) is 0 Å². The first kappa shape index (κ1) is 15.8. The van der Waals surface area contributed by atoms with E-state index in [0.717, 1.165) is 20.8 Å². The van der Waals surface area contributed by atoms with Gasteiger partial charge in [-0.2, -0.15) is 0 Å². The van der Waals surface area contributed by atoms with Gasteiger partial charge >= 0.3 is 0 Å². The van der Waals surface area contributed by atoms with E-state index in [4.69, 9.17) is 16.1 Å². The minimum atomic E-state index is -0.336. The van der Waals surface area contributed by atoms with Gasteiger partial charge in [0.05, 0.1) is 15.2 Å². The van der Waals surface area contributed by atoms with Gasteiger partial charge in [-0.05, 0) is 37.3 Å². The molecule has 4 aromatic rings. The molecule has 0 radical (unpaired) electrons. The van der Waals surface area contributed by atoms with Gasteiger partial charge in [-0.15, -0.1) is 11.3 Å². The zero-order valence-electron chi connectivity index (χ0n) is 13.1. The zero-order valence-corrected chi connectivity index (χ0v) is 14.7. The highest BCUT2D eigenvalue weighted by Crippen LogP contribution is 2.26. The van der Waals surface area contributed by atoms with E-state index in [1.165, 1.54) is 0 Å². The Hall–Kier alpha value is -2.70. The first-order chi connectivity index (χ1) is 12.1. The maximum absolute atomic E-state index is 12.4. The SMILES string of the molecule is Cc1nc2ccc(NC(=O)c3cc(-c4cccc(Cl)c4)on3)cc2s1. The normalized spacial score (nSPS) is 11.0. The van der Waals surface area contributed by atoms with E-state index >= 15 is 0 Å². The molecule has 0 atom stereocenters. The Balaban J connectivity index is 1.56. The molecule has 1 N–H and O–H groups in total. The van der Waals surface area contributed by atoms with E-state index in [0.29, 0.717) is 16.5 Å². The standard InChI is InChI=1S/C18H12ClN3O2S/c1-10-20-14-6-5-13(8-17(14)25-10)21-18(23)15-9-16(24-22-15)11-3-2-4-12(19)7-11/h2-9H,1H3,(H,21,23). The van der Waals surface area contributed by atoms with Crippen molar-refractivity contribution in [2.45, 2.75) is 6.92 Å². The number of carbonyl (C=O) groups is 1. The molecule has 0 saturated carbocycles. The Morgan fingerprint density at radius 2 is 2.08 bits per heavy atom. The smallest absolute Gasteiger partial charge is 0.277 e. The summed E-state index contributed by atoms with van der Waals surface area (Å²) in [5.41, 5.74) is 2.58. The maximum Gasteiger partial charge on any atom is 0.277 e. The topological polar surface area (TPSA) is 68.0 Å². The molecule has 0 fully saturated rings. The minimum absolute atomic E-state index is 0.204. The van der Waals surface area contributed by atoms with Crippen molar-refractivity contribution in [2.75, 3.05) is 5.32 Å². The lowest BCUT2D eigenvalue weighted by Crippen LogP contribution is -2.11. The van der Waals surface area contributed by atoms with E-state index in [1.54, 1.807) is 29.5 Å². The Bertz CT molecular complexity index is 1090. The second-order valence-electron chi connectivity index (χ2n) is 5.46. The second kappa shape index (κ2) is 6.31.